The molecule has 11 nitrogen and oxygen atoms in total. The standard InChI is InChI=1S/C21H32FN5O6/c1-6-21(9-31-18(28)15(23)10(2)3)13(32-19(29)16(24)11(4)5)7-14(33-21)27-8-12(22)17(25)26-20(27)30/h6,8,10-11,13-16H,1,7,9,23-24H2,2-5H3,(H2,25,26,30)/t13-,14+,15-,16-,21+/m0/s1. The van der Waals surface area contributed by atoms with E-state index in [2.05, 4.69) is 11.6 Å². The first-order chi connectivity index (χ1) is 15.3. The Hall–Kier alpha value is -2.83. The lowest BCUT2D eigenvalue weighted by Gasteiger charge is -2.31. The van der Waals surface area contributed by atoms with Crippen molar-refractivity contribution >= 4 is 17.8 Å². The maximum Gasteiger partial charge on any atom is 0.351 e. The Kier molecular flexibility index (Phi) is 8.33. The highest BCUT2D eigenvalue weighted by molar-refractivity contribution is 5.76. The van der Waals surface area contributed by atoms with Crippen molar-refractivity contribution in [1.82, 2.24) is 9.55 Å². The minimum Gasteiger partial charge on any atom is -0.461 e. The Balaban J connectivity index is 2.38. The largest absolute Gasteiger partial charge is 0.461 e. The minimum absolute atomic E-state index is 0.0959. The second-order valence-electron chi connectivity index (χ2n) is 8.70. The average molecular weight is 470 g/mol. The number of anilines is 1. The van der Waals surface area contributed by atoms with Gasteiger partial charge in [0, 0.05) is 6.42 Å². The topological polar surface area (TPSA) is 175 Å². The Bertz CT molecular complexity index is 952. The summed E-state index contributed by atoms with van der Waals surface area (Å²) in [4.78, 5) is 40.6. The van der Waals surface area contributed by atoms with E-state index in [1.54, 1.807) is 27.7 Å². The summed E-state index contributed by atoms with van der Waals surface area (Å²) >= 11 is 0. The van der Waals surface area contributed by atoms with Gasteiger partial charge in [0.1, 0.15) is 31.0 Å². The molecule has 0 spiro atoms. The SMILES string of the molecule is C=C[C@]1(COC(=O)[C@@H](N)C(C)C)O[C@@H](n2cc(F)c(N)nc2=O)C[C@@H]1OC(=O)[C@@H](N)C(C)C. The van der Waals surface area contributed by atoms with Crippen LogP contribution in [-0.4, -0.2) is 51.9 Å². The minimum atomic E-state index is -1.55. The smallest absolute Gasteiger partial charge is 0.351 e. The van der Waals surface area contributed by atoms with E-state index in [1.807, 2.05) is 0 Å². The van der Waals surface area contributed by atoms with Crippen LogP contribution < -0.4 is 22.9 Å². The molecule has 6 N–H and O–H groups in total. The predicted octanol–water partition coefficient (Wildman–Crippen LogP) is 0.230. The summed E-state index contributed by atoms with van der Waals surface area (Å²) in [5, 5.41) is 0. The monoisotopic (exact) mass is 469 g/mol. The molecule has 12 heteroatoms. The Morgan fingerprint density at radius 1 is 1.30 bits per heavy atom. The molecule has 2 rings (SSSR count). The van der Waals surface area contributed by atoms with Crippen LogP contribution in [0.1, 0.15) is 40.3 Å². The molecule has 1 aliphatic rings. The van der Waals surface area contributed by atoms with Gasteiger partial charge in [-0.25, -0.2) is 9.18 Å². The first-order valence-corrected chi connectivity index (χ1v) is 10.6. The maximum absolute atomic E-state index is 14.0. The van der Waals surface area contributed by atoms with Crippen molar-refractivity contribution in [3.63, 3.8) is 0 Å². The fourth-order valence-corrected chi connectivity index (χ4v) is 3.15. The summed E-state index contributed by atoms with van der Waals surface area (Å²) in [6.45, 7) is 10.3. The summed E-state index contributed by atoms with van der Waals surface area (Å²) in [5.41, 5.74) is 14.7. The molecule has 1 aromatic rings. The third-order valence-electron chi connectivity index (χ3n) is 5.59. The van der Waals surface area contributed by atoms with Crippen LogP contribution in [-0.2, 0) is 23.8 Å². The number of aromatic nitrogens is 2. The Morgan fingerprint density at radius 3 is 2.42 bits per heavy atom. The van der Waals surface area contributed by atoms with Gasteiger partial charge < -0.3 is 31.4 Å². The van der Waals surface area contributed by atoms with E-state index >= 15 is 0 Å². The number of nitrogens with zero attached hydrogens (tertiary/aromatic N) is 2. The van der Waals surface area contributed by atoms with Crippen LogP contribution in [0.4, 0.5) is 10.2 Å². The first-order valence-electron chi connectivity index (χ1n) is 10.6. The molecule has 0 unspecified atom stereocenters. The van der Waals surface area contributed by atoms with Gasteiger partial charge in [-0.05, 0) is 11.8 Å². The molecule has 2 heterocycles. The number of nitrogens with two attached hydrogens (primary N) is 3. The summed E-state index contributed by atoms with van der Waals surface area (Å²) in [6, 6.07) is -1.82. The van der Waals surface area contributed by atoms with Crippen molar-refractivity contribution < 1.29 is 28.2 Å². The van der Waals surface area contributed by atoms with Gasteiger partial charge in [0.15, 0.2) is 17.2 Å². The summed E-state index contributed by atoms with van der Waals surface area (Å²) in [6.07, 6.45) is -0.141. The fourth-order valence-electron chi connectivity index (χ4n) is 3.15. The van der Waals surface area contributed by atoms with Crippen molar-refractivity contribution in [2.45, 2.75) is 64.1 Å². The number of carbonyl (C=O) groups is 2. The zero-order valence-electron chi connectivity index (χ0n) is 19.2. The van der Waals surface area contributed by atoms with Crippen molar-refractivity contribution in [3.8, 4) is 0 Å². The summed E-state index contributed by atoms with van der Waals surface area (Å²) in [7, 11) is 0. The molecular formula is C21H32FN5O6. The fraction of sp³-hybridized carbons (Fsp3) is 0.619. The van der Waals surface area contributed by atoms with Gasteiger partial charge in [0.2, 0.25) is 0 Å². The van der Waals surface area contributed by atoms with Gasteiger partial charge >= 0.3 is 17.6 Å². The van der Waals surface area contributed by atoms with Gasteiger partial charge in [0.05, 0.1) is 6.20 Å². The third kappa shape index (κ3) is 5.75. The summed E-state index contributed by atoms with van der Waals surface area (Å²) in [5.74, 6) is -3.31. The molecule has 1 saturated heterocycles. The number of rotatable bonds is 9. The molecule has 1 aromatic heterocycles. The normalized spacial score (nSPS) is 24.5. The van der Waals surface area contributed by atoms with Gasteiger partial charge in [-0.1, -0.05) is 40.3 Å². The summed E-state index contributed by atoms with van der Waals surface area (Å²) < 4.78 is 31.8. The average Bonchev–Trinajstić information content (AvgIpc) is 3.11. The molecule has 0 radical (unpaired) electrons. The third-order valence-corrected chi connectivity index (χ3v) is 5.59. The zero-order valence-corrected chi connectivity index (χ0v) is 19.2. The second kappa shape index (κ2) is 10.4. The highest BCUT2D eigenvalue weighted by Crippen LogP contribution is 2.40. The predicted molar refractivity (Wildman–Crippen MR) is 117 cm³/mol. The molecule has 5 atom stereocenters. The number of carbonyl (C=O) groups excluding carboxylic acids is 2. The van der Waals surface area contributed by atoms with Gasteiger partial charge in [-0.3, -0.25) is 14.2 Å². The van der Waals surface area contributed by atoms with E-state index in [1.165, 1.54) is 6.08 Å². The van der Waals surface area contributed by atoms with E-state index < -0.39 is 65.9 Å². The van der Waals surface area contributed by atoms with Crippen molar-refractivity contribution in [1.29, 1.82) is 0 Å². The molecule has 0 saturated carbocycles. The lowest BCUT2D eigenvalue weighted by molar-refractivity contribution is -0.171. The molecular weight excluding hydrogens is 437 g/mol. The van der Waals surface area contributed by atoms with Gasteiger partial charge in [-0.2, -0.15) is 4.98 Å². The van der Waals surface area contributed by atoms with Crippen LogP contribution >= 0.6 is 0 Å². The molecule has 1 fully saturated rings. The van der Waals surface area contributed by atoms with Crippen LogP contribution in [0.2, 0.25) is 0 Å². The number of nitrogen functional groups attached to an aromatic ring is 1. The zero-order chi connectivity index (χ0) is 25.1. The van der Waals surface area contributed by atoms with E-state index in [9.17, 15) is 18.8 Å². The molecule has 1 aliphatic heterocycles. The van der Waals surface area contributed by atoms with E-state index in [0.717, 1.165) is 10.8 Å². The van der Waals surface area contributed by atoms with Crippen LogP contribution in [0.5, 0.6) is 0 Å². The number of ether oxygens (including phenoxy) is 3. The van der Waals surface area contributed by atoms with Crippen LogP contribution in [0, 0.1) is 17.7 Å². The van der Waals surface area contributed by atoms with Crippen LogP contribution in [0.3, 0.4) is 0 Å². The molecule has 0 aliphatic carbocycles. The Morgan fingerprint density at radius 2 is 1.88 bits per heavy atom. The van der Waals surface area contributed by atoms with Crippen molar-refractivity contribution in [2.75, 3.05) is 12.3 Å². The quantitative estimate of drug-likeness (QED) is 0.335. The Labute approximate surface area is 191 Å². The molecule has 33 heavy (non-hydrogen) atoms. The highest BCUT2D eigenvalue weighted by atomic mass is 19.1. The second-order valence-corrected chi connectivity index (χ2v) is 8.70. The maximum atomic E-state index is 14.0. The number of hydrogen-bond acceptors (Lipinski definition) is 10. The van der Waals surface area contributed by atoms with Crippen molar-refractivity contribution in [3.05, 3.63) is 35.2 Å². The van der Waals surface area contributed by atoms with E-state index in [-0.39, 0.29) is 18.3 Å². The van der Waals surface area contributed by atoms with Crippen LogP contribution in [0.15, 0.2) is 23.6 Å². The number of halogens is 1. The molecule has 0 bridgehead atoms. The lowest BCUT2D eigenvalue weighted by Crippen LogP contribution is -2.49. The van der Waals surface area contributed by atoms with E-state index in [0.29, 0.717) is 0 Å². The molecule has 0 amide bonds. The molecule has 0 aromatic carbocycles. The van der Waals surface area contributed by atoms with E-state index in [4.69, 9.17) is 31.4 Å². The highest BCUT2D eigenvalue weighted by Gasteiger charge is 2.52. The van der Waals surface area contributed by atoms with Gasteiger partial charge in [0.25, 0.3) is 0 Å². The molecule has 184 valence electrons. The van der Waals surface area contributed by atoms with Gasteiger partial charge in [-0.15, -0.1) is 0 Å². The van der Waals surface area contributed by atoms with Crippen molar-refractivity contribution in [2.24, 2.45) is 23.3 Å². The number of hydrogen-bond donors (Lipinski definition) is 3. The van der Waals surface area contributed by atoms with Crippen LogP contribution in [0.25, 0.3) is 0 Å². The number of esters is 2. The first kappa shape index (κ1) is 26.4. The lowest BCUT2D eigenvalue weighted by atomic mass is 9.97.